The first-order chi connectivity index (χ1) is 8.08. The summed E-state index contributed by atoms with van der Waals surface area (Å²) in [5.74, 6) is 0. The van der Waals surface area contributed by atoms with Gasteiger partial charge in [-0.05, 0) is 44.2 Å². The summed E-state index contributed by atoms with van der Waals surface area (Å²) in [7, 11) is 1.72. The van der Waals surface area contributed by atoms with Crippen LogP contribution in [0, 0.1) is 10.1 Å². The van der Waals surface area contributed by atoms with Gasteiger partial charge < -0.3 is 0 Å². The minimum Gasteiger partial charge on any atom is -0.258 e. The largest absolute Gasteiger partial charge is 0.270 e. The highest BCUT2D eigenvalue weighted by Crippen LogP contribution is 2.33. The molecule has 2 aromatic rings. The summed E-state index contributed by atoms with van der Waals surface area (Å²) >= 11 is 4.61. The maximum atomic E-state index is 10.6. The number of rotatable bonds is 3. The highest BCUT2D eigenvalue weighted by Gasteiger charge is 2.12. The van der Waals surface area contributed by atoms with Crippen LogP contribution in [0.4, 0.5) is 5.69 Å². The van der Waals surface area contributed by atoms with Crippen molar-refractivity contribution in [2.24, 2.45) is 7.05 Å². The van der Waals surface area contributed by atoms with Crippen molar-refractivity contribution in [3.05, 3.63) is 32.8 Å². The number of nitro benzene ring substituents is 1. The van der Waals surface area contributed by atoms with E-state index in [9.17, 15) is 10.1 Å². The predicted octanol–water partition coefficient (Wildman–Crippen LogP) is 2.03. The van der Waals surface area contributed by atoms with E-state index in [1.807, 2.05) is 0 Å². The highest BCUT2D eigenvalue weighted by molar-refractivity contribution is 9.10. The minimum atomic E-state index is -0.441. The van der Waals surface area contributed by atoms with Crippen LogP contribution >= 0.6 is 27.7 Å². The third-order valence-electron chi connectivity index (χ3n) is 1.91. The molecule has 0 saturated heterocycles. The van der Waals surface area contributed by atoms with Crippen LogP contribution in [0.5, 0.6) is 0 Å². The van der Waals surface area contributed by atoms with E-state index < -0.39 is 4.92 Å². The molecule has 0 fully saturated rings. The van der Waals surface area contributed by atoms with Crippen LogP contribution in [0.3, 0.4) is 0 Å². The first kappa shape index (κ1) is 12.0. The van der Waals surface area contributed by atoms with Crippen LogP contribution in [0.1, 0.15) is 0 Å². The van der Waals surface area contributed by atoms with Gasteiger partial charge in [0.25, 0.3) is 5.69 Å². The zero-order valence-corrected chi connectivity index (χ0v) is 11.0. The van der Waals surface area contributed by atoms with E-state index in [-0.39, 0.29) is 5.69 Å². The SMILES string of the molecule is Cn1nnnc1Sc1ccc([N+](=O)[O-])cc1Br. The van der Waals surface area contributed by atoms with Gasteiger partial charge in [-0.15, -0.1) is 5.10 Å². The molecule has 1 aromatic heterocycles. The molecule has 17 heavy (non-hydrogen) atoms. The lowest BCUT2D eigenvalue weighted by Gasteiger charge is -2.02. The van der Waals surface area contributed by atoms with Crippen LogP contribution in [0.25, 0.3) is 0 Å². The summed E-state index contributed by atoms with van der Waals surface area (Å²) in [6.07, 6.45) is 0. The molecule has 0 N–H and O–H groups in total. The summed E-state index contributed by atoms with van der Waals surface area (Å²) in [6.45, 7) is 0. The molecule has 1 aromatic carbocycles. The summed E-state index contributed by atoms with van der Waals surface area (Å²) in [6, 6.07) is 4.55. The number of tetrazole rings is 1. The maximum absolute atomic E-state index is 10.6. The van der Waals surface area contributed by atoms with Gasteiger partial charge in [-0.3, -0.25) is 10.1 Å². The Morgan fingerprint density at radius 1 is 1.53 bits per heavy atom. The molecule has 0 aliphatic rings. The molecule has 0 atom stereocenters. The molecule has 7 nitrogen and oxygen atoms in total. The number of aromatic nitrogens is 4. The molecule has 0 radical (unpaired) electrons. The third kappa shape index (κ3) is 2.61. The van der Waals surface area contributed by atoms with E-state index in [0.717, 1.165) is 4.90 Å². The van der Waals surface area contributed by atoms with Crippen molar-refractivity contribution in [2.75, 3.05) is 0 Å². The average Bonchev–Trinajstić information content (AvgIpc) is 2.67. The van der Waals surface area contributed by atoms with Gasteiger partial charge in [0.15, 0.2) is 0 Å². The number of aryl methyl sites for hydroxylation is 1. The number of nitrogens with zero attached hydrogens (tertiary/aromatic N) is 5. The smallest absolute Gasteiger partial charge is 0.258 e. The number of hydrogen-bond acceptors (Lipinski definition) is 6. The van der Waals surface area contributed by atoms with E-state index in [0.29, 0.717) is 9.63 Å². The van der Waals surface area contributed by atoms with Gasteiger partial charge in [0, 0.05) is 28.5 Å². The molecule has 0 saturated carbocycles. The van der Waals surface area contributed by atoms with E-state index in [2.05, 4.69) is 31.5 Å². The topological polar surface area (TPSA) is 86.7 Å². The number of hydrogen-bond donors (Lipinski definition) is 0. The Bertz CT molecular complexity index is 573. The van der Waals surface area contributed by atoms with Gasteiger partial charge in [-0.2, -0.15) is 0 Å². The Kier molecular flexibility index (Phi) is 3.38. The molecule has 0 bridgehead atoms. The summed E-state index contributed by atoms with van der Waals surface area (Å²) < 4.78 is 2.16. The lowest BCUT2D eigenvalue weighted by Crippen LogP contribution is -1.93. The van der Waals surface area contributed by atoms with Crippen molar-refractivity contribution in [1.82, 2.24) is 20.2 Å². The molecule has 2 rings (SSSR count). The monoisotopic (exact) mass is 315 g/mol. The van der Waals surface area contributed by atoms with Crippen LogP contribution < -0.4 is 0 Å². The van der Waals surface area contributed by atoms with Crippen LogP contribution in [-0.4, -0.2) is 25.1 Å². The zero-order valence-electron chi connectivity index (χ0n) is 8.57. The van der Waals surface area contributed by atoms with E-state index in [1.165, 1.54) is 28.6 Å². The molecular weight excluding hydrogens is 310 g/mol. The fraction of sp³-hybridized carbons (Fsp3) is 0.125. The lowest BCUT2D eigenvalue weighted by atomic mass is 10.3. The molecule has 0 aliphatic heterocycles. The Morgan fingerprint density at radius 2 is 2.29 bits per heavy atom. The predicted molar refractivity (Wildman–Crippen MR) is 63.7 cm³/mol. The highest BCUT2D eigenvalue weighted by atomic mass is 79.9. The second-order valence-electron chi connectivity index (χ2n) is 3.06. The molecule has 88 valence electrons. The molecule has 0 spiro atoms. The molecular formula is C8H6BrN5O2S. The zero-order chi connectivity index (χ0) is 12.4. The van der Waals surface area contributed by atoms with Gasteiger partial charge in [0.2, 0.25) is 5.16 Å². The van der Waals surface area contributed by atoms with E-state index in [1.54, 1.807) is 13.1 Å². The van der Waals surface area contributed by atoms with Gasteiger partial charge in [0.05, 0.1) is 4.92 Å². The number of nitro groups is 1. The molecule has 0 amide bonds. The fourth-order valence-electron chi connectivity index (χ4n) is 1.09. The van der Waals surface area contributed by atoms with Crippen molar-refractivity contribution >= 4 is 33.4 Å². The third-order valence-corrected chi connectivity index (χ3v) is 3.93. The molecule has 9 heteroatoms. The van der Waals surface area contributed by atoms with Gasteiger partial charge in [-0.1, -0.05) is 0 Å². The normalized spacial score (nSPS) is 10.5. The number of benzene rings is 1. The summed E-state index contributed by atoms with van der Waals surface area (Å²) in [5.41, 5.74) is 0.0392. The second-order valence-corrected chi connectivity index (χ2v) is 4.92. The van der Waals surface area contributed by atoms with Crippen LogP contribution in [0.15, 0.2) is 32.7 Å². The Labute approximate surface area is 108 Å². The second kappa shape index (κ2) is 4.80. The number of halogens is 1. The first-order valence-electron chi connectivity index (χ1n) is 4.42. The van der Waals surface area contributed by atoms with Gasteiger partial charge >= 0.3 is 0 Å². The van der Waals surface area contributed by atoms with E-state index in [4.69, 9.17) is 0 Å². The van der Waals surface area contributed by atoms with Crippen molar-refractivity contribution < 1.29 is 4.92 Å². The van der Waals surface area contributed by atoms with Gasteiger partial charge in [-0.25, -0.2) is 4.68 Å². The maximum Gasteiger partial charge on any atom is 0.270 e. The average molecular weight is 316 g/mol. The number of non-ortho nitro benzene ring substituents is 1. The quantitative estimate of drug-likeness (QED) is 0.636. The van der Waals surface area contributed by atoms with Gasteiger partial charge in [0.1, 0.15) is 0 Å². The van der Waals surface area contributed by atoms with E-state index >= 15 is 0 Å². The Hall–Kier alpha value is -1.48. The molecule has 1 heterocycles. The Morgan fingerprint density at radius 3 is 2.82 bits per heavy atom. The summed E-state index contributed by atoms with van der Waals surface area (Å²) in [4.78, 5) is 10.9. The lowest BCUT2D eigenvalue weighted by molar-refractivity contribution is -0.385. The van der Waals surface area contributed by atoms with Crippen LogP contribution in [-0.2, 0) is 7.05 Å². The van der Waals surface area contributed by atoms with Crippen LogP contribution in [0.2, 0.25) is 0 Å². The Balaban J connectivity index is 2.29. The first-order valence-corrected chi connectivity index (χ1v) is 6.03. The molecule has 0 aliphatic carbocycles. The van der Waals surface area contributed by atoms with Crippen molar-refractivity contribution in [2.45, 2.75) is 10.1 Å². The van der Waals surface area contributed by atoms with Crippen molar-refractivity contribution in [3.8, 4) is 0 Å². The van der Waals surface area contributed by atoms with Crippen molar-refractivity contribution in [1.29, 1.82) is 0 Å². The minimum absolute atomic E-state index is 0.0392. The van der Waals surface area contributed by atoms with Crippen molar-refractivity contribution in [3.63, 3.8) is 0 Å². The standard InChI is InChI=1S/C8H6BrN5O2S/c1-13-8(10-11-12-13)17-7-3-2-5(14(15)16)4-6(7)9/h2-4H,1H3. The summed E-state index contributed by atoms with van der Waals surface area (Å²) in [5, 5.41) is 22.2. The molecule has 0 unspecified atom stereocenters. The fourth-order valence-corrected chi connectivity index (χ4v) is 2.44.